The summed E-state index contributed by atoms with van der Waals surface area (Å²) >= 11 is 1.15. The minimum atomic E-state index is -0.682. The van der Waals surface area contributed by atoms with Crippen molar-refractivity contribution in [3.05, 3.63) is 10.6 Å². The molecule has 1 N–H and O–H groups in total. The number of carbonyl (C=O) groups is 1. The van der Waals surface area contributed by atoms with Crippen LogP contribution in [0.4, 0.5) is 0 Å². The molecular formula is C11H17N3O2S. The molecule has 2 heterocycles. The standard InChI is InChI=1S/C11H17N3O2S/c1-3-5-8-9(17-13-12-8)10(15)14-6-11(16,4-2)7-14/h16H,3-7H2,1-2H3. The first-order valence-corrected chi connectivity index (χ1v) is 6.70. The van der Waals surface area contributed by atoms with Crippen LogP contribution in [0.5, 0.6) is 0 Å². The Hall–Kier alpha value is -1.01. The molecule has 0 bridgehead atoms. The van der Waals surface area contributed by atoms with E-state index in [1.54, 1.807) is 4.90 Å². The number of β-amino-alcohol motifs (C(OH)–C–C–N with tert-alkyl or cyclic N) is 1. The van der Waals surface area contributed by atoms with Crippen LogP contribution in [-0.2, 0) is 6.42 Å². The number of aryl methyl sites for hydroxylation is 1. The molecule has 94 valence electrons. The zero-order valence-corrected chi connectivity index (χ0v) is 11.0. The Morgan fingerprint density at radius 1 is 1.53 bits per heavy atom. The number of likely N-dealkylation sites (tertiary alicyclic amines) is 1. The van der Waals surface area contributed by atoms with Gasteiger partial charge in [-0.05, 0) is 24.4 Å². The lowest BCUT2D eigenvalue weighted by atomic mass is 9.91. The molecule has 17 heavy (non-hydrogen) atoms. The van der Waals surface area contributed by atoms with Crippen LogP contribution in [0.2, 0.25) is 0 Å². The van der Waals surface area contributed by atoms with Crippen molar-refractivity contribution in [1.29, 1.82) is 0 Å². The second-order valence-electron chi connectivity index (χ2n) is 4.54. The van der Waals surface area contributed by atoms with Crippen LogP contribution >= 0.6 is 11.5 Å². The molecule has 1 amide bonds. The molecule has 0 aliphatic carbocycles. The van der Waals surface area contributed by atoms with Gasteiger partial charge in [0.1, 0.15) is 4.88 Å². The molecular weight excluding hydrogens is 238 g/mol. The lowest BCUT2D eigenvalue weighted by Gasteiger charge is -2.45. The van der Waals surface area contributed by atoms with Crippen molar-refractivity contribution >= 4 is 17.4 Å². The normalized spacial score (nSPS) is 17.9. The predicted molar refractivity (Wildman–Crippen MR) is 65.0 cm³/mol. The average Bonchev–Trinajstić information content (AvgIpc) is 2.72. The number of hydrogen-bond donors (Lipinski definition) is 1. The smallest absolute Gasteiger partial charge is 0.267 e. The van der Waals surface area contributed by atoms with Gasteiger partial charge in [0, 0.05) is 0 Å². The van der Waals surface area contributed by atoms with E-state index >= 15 is 0 Å². The monoisotopic (exact) mass is 255 g/mol. The van der Waals surface area contributed by atoms with Crippen molar-refractivity contribution in [2.45, 2.75) is 38.7 Å². The third-order valence-corrected chi connectivity index (χ3v) is 3.91. The summed E-state index contributed by atoms with van der Waals surface area (Å²) in [5.74, 6) is -0.0402. The fourth-order valence-corrected chi connectivity index (χ4v) is 2.62. The Kier molecular flexibility index (Phi) is 3.44. The first kappa shape index (κ1) is 12.4. The van der Waals surface area contributed by atoms with Crippen molar-refractivity contribution in [2.24, 2.45) is 0 Å². The number of aromatic nitrogens is 2. The molecule has 1 aliphatic rings. The fourth-order valence-electron chi connectivity index (χ4n) is 1.95. The molecule has 0 aromatic carbocycles. The lowest BCUT2D eigenvalue weighted by molar-refractivity contribution is -0.0825. The number of rotatable bonds is 4. The van der Waals surface area contributed by atoms with Gasteiger partial charge in [-0.15, -0.1) is 5.10 Å². The van der Waals surface area contributed by atoms with E-state index in [1.165, 1.54) is 0 Å². The van der Waals surface area contributed by atoms with Gasteiger partial charge in [-0.3, -0.25) is 4.79 Å². The zero-order chi connectivity index (χ0) is 12.5. The minimum absolute atomic E-state index is 0.0402. The summed E-state index contributed by atoms with van der Waals surface area (Å²) in [6, 6.07) is 0. The third kappa shape index (κ3) is 2.32. The molecule has 2 rings (SSSR count). The zero-order valence-electron chi connectivity index (χ0n) is 10.1. The highest BCUT2D eigenvalue weighted by Gasteiger charge is 2.43. The highest BCUT2D eigenvalue weighted by molar-refractivity contribution is 7.08. The van der Waals surface area contributed by atoms with E-state index in [4.69, 9.17) is 0 Å². The molecule has 6 heteroatoms. The largest absolute Gasteiger partial charge is 0.386 e. The molecule has 0 saturated carbocycles. The molecule has 1 aromatic rings. The number of hydrogen-bond acceptors (Lipinski definition) is 5. The van der Waals surface area contributed by atoms with E-state index in [-0.39, 0.29) is 5.91 Å². The molecule has 0 radical (unpaired) electrons. The maximum absolute atomic E-state index is 12.1. The van der Waals surface area contributed by atoms with E-state index in [2.05, 4.69) is 9.59 Å². The highest BCUT2D eigenvalue weighted by atomic mass is 32.1. The number of aliphatic hydroxyl groups is 1. The fraction of sp³-hybridized carbons (Fsp3) is 0.727. The van der Waals surface area contributed by atoms with E-state index in [9.17, 15) is 9.90 Å². The summed E-state index contributed by atoms with van der Waals surface area (Å²) in [6.07, 6.45) is 2.41. The van der Waals surface area contributed by atoms with E-state index in [0.717, 1.165) is 30.1 Å². The van der Waals surface area contributed by atoms with E-state index < -0.39 is 5.60 Å². The first-order valence-electron chi connectivity index (χ1n) is 5.92. The van der Waals surface area contributed by atoms with Crippen LogP contribution in [0.1, 0.15) is 42.1 Å². The molecule has 1 aromatic heterocycles. The van der Waals surface area contributed by atoms with Gasteiger partial charge < -0.3 is 10.0 Å². The second kappa shape index (κ2) is 4.70. The van der Waals surface area contributed by atoms with Crippen LogP contribution in [0, 0.1) is 0 Å². The molecule has 1 fully saturated rings. The topological polar surface area (TPSA) is 66.3 Å². The maximum atomic E-state index is 12.1. The molecule has 0 spiro atoms. The predicted octanol–water partition coefficient (Wildman–Crippen LogP) is 1.09. The van der Waals surface area contributed by atoms with Crippen molar-refractivity contribution in [3.63, 3.8) is 0 Å². The lowest BCUT2D eigenvalue weighted by Crippen LogP contribution is -2.63. The Labute approximate surface area is 105 Å². The summed E-state index contributed by atoms with van der Waals surface area (Å²) in [7, 11) is 0. The number of amides is 1. The average molecular weight is 255 g/mol. The van der Waals surface area contributed by atoms with Gasteiger partial charge >= 0.3 is 0 Å². The summed E-state index contributed by atoms with van der Waals surface area (Å²) in [4.78, 5) is 14.4. The van der Waals surface area contributed by atoms with E-state index in [1.807, 2.05) is 13.8 Å². The van der Waals surface area contributed by atoms with E-state index in [0.29, 0.717) is 24.4 Å². The third-order valence-electron chi connectivity index (χ3n) is 3.15. The SMILES string of the molecule is CCCc1nnsc1C(=O)N1CC(O)(CC)C1. The van der Waals surface area contributed by atoms with Gasteiger partial charge in [-0.1, -0.05) is 24.8 Å². The highest BCUT2D eigenvalue weighted by Crippen LogP contribution is 2.27. The number of carbonyl (C=O) groups excluding carboxylic acids is 1. The molecule has 0 atom stereocenters. The quantitative estimate of drug-likeness (QED) is 0.874. The Morgan fingerprint density at radius 2 is 2.24 bits per heavy atom. The van der Waals surface area contributed by atoms with Crippen molar-refractivity contribution in [3.8, 4) is 0 Å². The number of nitrogens with zero attached hydrogens (tertiary/aromatic N) is 3. The molecule has 1 aliphatic heterocycles. The molecule has 1 saturated heterocycles. The molecule has 0 unspecified atom stereocenters. The summed E-state index contributed by atoms with van der Waals surface area (Å²) in [6.45, 7) is 4.82. The van der Waals surface area contributed by atoms with Crippen LogP contribution in [0.25, 0.3) is 0 Å². The van der Waals surface area contributed by atoms with Gasteiger partial charge in [0.15, 0.2) is 0 Å². The van der Waals surface area contributed by atoms with Crippen LogP contribution < -0.4 is 0 Å². The van der Waals surface area contributed by atoms with Crippen LogP contribution in [0.3, 0.4) is 0 Å². The van der Waals surface area contributed by atoms with Gasteiger partial charge in [0.05, 0.1) is 24.4 Å². The Morgan fingerprint density at radius 3 is 2.82 bits per heavy atom. The van der Waals surface area contributed by atoms with Crippen molar-refractivity contribution < 1.29 is 9.90 Å². The van der Waals surface area contributed by atoms with Gasteiger partial charge in [0.2, 0.25) is 0 Å². The Bertz CT molecular complexity index is 413. The Balaban J connectivity index is 2.04. The van der Waals surface area contributed by atoms with Crippen LogP contribution in [0.15, 0.2) is 0 Å². The first-order chi connectivity index (χ1) is 8.09. The summed E-state index contributed by atoms with van der Waals surface area (Å²) < 4.78 is 3.84. The summed E-state index contributed by atoms with van der Waals surface area (Å²) in [5, 5.41) is 13.9. The van der Waals surface area contributed by atoms with Crippen molar-refractivity contribution in [2.75, 3.05) is 13.1 Å². The maximum Gasteiger partial charge on any atom is 0.267 e. The van der Waals surface area contributed by atoms with Crippen LogP contribution in [-0.4, -0.2) is 44.2 Å². The summed E-state index contributed by atoms with van der Waals surface area (Å²) in [5.41, 5.74) is 0.105. The van der Waals surface area contributed by atoms with Crippen molar-refractivity contribution in [1.82, 2.24) is 14.5 Å². The van der Waals surface area contributed by atoms with Gasteiger partial charge in [-0.2, -0.15) is 0 Å². The second-order valence-corrected chi connectivity index (χ2v) is 5.29. The van der Waals surface area contributed by atoms with Gasteiger partial charge in [-0.25, -0.2) is 0 Å². The minimum Gasteiger partial charge on any atom is -0.386 e. The molecule has 5 nitrogen and oxygen atoms in total. The van der Waals surface area contributed by atoms with Gasteiger partial charge in [0.25, 0.3) is 5.91 Å².